The molecule has 0 aliphatic heterocycles. The summed E-state index contributed by atoms with van der Waals surface area (Å²) in [5, 5.41) is 7.07. The Morgan fingerprint density at radius 3 is 2.67 bits per heavy atom. The van der Waals surface area contributed by atoms with Crippen molar-refractivity contribution in [3.8, 4) is 0 Å². The van der Waals surface area contributed by atoms with Crippen LogP contribution in [0.5, 0.6) is 0 Å². The summed E-state index contributed by atoms with van der Waals surface area (Å²) in [7, 11) is 0. The van der Waals surface area contributed by atoms with Crippen LogP contribution < -0.4 is 10.7 Å². The number of aryl methyl sites for hydroxylation is 2. The fourth-order valence-corrected chi connectivity index (χ4v) is 1.46. The maximum atomic E-state index is 11.5. The standard InChI is InChI=1S/C14H21N3O/c1-5-12(4)16-17-14(18)9-15-13-7-6-10(2)8-11(13)3/h6-8,15H,5,9H2,1-4H3,(H,17,18)/b16-12+. The number of hydrogen-bond acceptors (Lipinski definition) is 3. The van der Waals surface area contributed by atoms with Crippen LogP contribution in [0, 0.1) is 13.8 Å². The average Bonchev–Trinajstić information content (AvgIpc) is 2.34. The summed E-state index contributed by atoms with van der Waals surface area (Å²) in [6, 6.07) is 6.09. The first kappa shape index (κ1) is 14.2. The lowest BCUT2D eigenvalue weighted by molar-refractivity contribution is -0.119. The van der Waals surface area contributed by atoms with Crippen LogP contribution in [-0.4, -0.2) is 18.2 Å². The number of rotatable bonds is 5. The molecule has 0 heterocycles. The van der Waals surface area contributed by atoms with Crippen molar-refractivity contribution >= 4 is 17.3 Å². The van der Waals surface area contributed by atoms with Crippen LogP contribution in [0.1, 0.15) is 31.4 Å². The molecule has 18 heavy (non-hydrogen) atoms. The molecule has 0 radical (unpaired) electrons. The third-order valence-electron chi connectivity index (χ3n) is 2.70. The van der Waals surface area contributed by atoms with Gasteiger partial charge in [0.25, 0.3) is 5.91 Å². The van der Waals surface area contributed by atoms with Crippen LogP contribution in [0.25, 0.3) is 0 Å². The molecule has 0 saturated heterocycles. The minimum Gasteiger partial charge on any atom is -0.376 e. The van der Waals surface area contributed by atoms with Crippen molar-refractivity contribution in [3.63, 3.8) is 0 Å². The summed E-state index contributed by atoms with van der Waals surface area (Å²) >= 11 is 0. The van der Waals surface area contributed by atoms with Crippen LogP contribution in [0.4, 0.5) is 5.69 Å². The van der Waals surface area contributed by atoms with E-state index in [1.807, 2.05) is 39.8 Å². The zero-order chi connectivity index (χ0) is 13.5. The molecule has 1 aromatic rings. The highest BCUT2D eigenvalue weighted by Gasteiger charge is 2.02. The highest BCUT2D eigenvalue weighted by Crippen LogP contribution is 2.15. The monoisotopic (exact) mass is 247 g/mol. The summed E-state index contributed by atoms with van der Waals surface area (Å²) in [4.78, 5) is 11.5. The predicted octanol–water partition coefficient (Wildman–Crippen LogP) is 2.62. The number of carbonyl (C=O) groups is 1. The van der Waals surface area contributed by atoms with Gasteiger partial charge >= 0.3 is 0 Å². The smallest absolute Gasteiger partial charge is 0.259 e. The minimum absolute atomic E-state index is 0.136. The molecule has 4 nitrogen and oxygen atoms in total. The predicted molar refractivity (Wildman–Crippen MR) is 75.9 cm³/mol. The molecule has 1 aromatic carbocycles. The summed E-state index contributed by atoms with van der Waals surface area (Å²) in [6.45, 7) is 8.18. The van der Waals surface area contributed by atoms with Crippen molar-refractivity contribution in [1.82, 2.24) is 5.43 Å². The second kappa shape index (κ2) is 6.79. The number of nitrogens with zero attached hydrogens (tertiary/aromatic N) is 1. The second-order valence-corrected chi connectivity index (χ2v) is 4.41. The molecule has 0 aliphatic carbocycles. The summed E-state index contributed by atoms with van der Waals surface area (Å²) < 4.78 is 0. The van der Waals surface area contributed by atoms with Crippen molar-refractivity contribution < 1.29 is 4.79 Å². The Kier molecular flexibility index (Phi) is 5.36. The van der Waals surface area contributed by atoms with Crippen molar-refractivity contribution in [1.29, 1.82) is 0 Å². The number of amides is 1. The van der Waals surface area contributed by atoms with Crippen molar-refractivity contribution in [2.75, 3.05) is 11.9 Å². The number of carbonyl (C=O) groups excluding carboxylic acids is 1. The van der Waals surface area contributed by atoms with Gasteiger partial charge < -0.3 is 5.32 Å². The molecular formula is C14H21N3O. The molecule has 0 bridgehead atoms. The first-order valence-corrected chi connectivity index (χ1v) is 6.16. The highest BCUT2D eigenvalue weighted by molar-refractivity contribution is 5.85. The Morgan fingerprint density at radius 2 is 2.06 bits per heavy atom. The van der Waals surface area contributed by atoms with Crippen LogP contribution >= 0.6 is 0 Å². The number of benzene rings is 1. The van der Waals surface area contributed by atoms with Gasteiger partial charge in [0, 0.05) is 11.4 Å². The van der Waals surface area contributed by atoms with Gasteiger partial charge in [0.2, 0.25) is 0 Å². The lowest BCUT2D eigenvalue weighted by atomic mass is 10.1. The van der Waals surface area contributed by atoms with Crippen molar-refractivity contribution in [2.24, 2.45) is 5.10 Å². The molecule has 0 fully saturated rings. The Hall–Kier alpha value is -1.84. The Labute approximate surface area is 108 Å². The second-order valence-electron chi connectivity index (χ2n) is 4.41. The van der Waals surface area contributed by atoms with Gasteiger partial charge in [-0.2, -0.15) is 5.10 Å². The number of hydrogen-bond donors (Lipinski definition) is 2. The van der Waals surface area contributed by atoms with Crippen LogP contribution in [0.15, 0.2) is 23.3 Å². The van der Waals surface area contributed by atoms with Crippen LogP contribution in [0.2, 0.25) is 0 Å². The van der Waals surface area contributed by atoms with Gasteiger partial charge in [0.1, 0.15) is 0 Å². The summed E-state index contributed by atoms with van der Waals surface area (Å²) in [5.74, 6) is -0.136. The lowest BCUT2D eigenvalue weighted by Crippen LogP contribution is -2.26. The summed E-state index contributed by atoms with van der Waals surface area (Å²) in [5.41, 5.74) is 6.76. The molecule has 4 heteroatoms. The maximum absolute atomic E-state index is 11.5. The molecule has 0 aromatic heterocycles. The van der Waals surface area contributed by atoms with Gasteiger partial charge in [0.15, 0.2) is 0 Å². The number of anilines is 1. The minimum atomic E-state index is -0.136. The first-order chi connectivity index (χ1) is 8.52. The van der Waals surface area contributed by atoms with Gasteiger partial charge in [-0.25, -0.2) is 5.43 Å². The van der Waals surface area contributed by atoms with E-state index >= 15 is 0 Å². The molecule has 0 aliphatic rings. The molecule has 1 rings (SSSR count). The average molecular weight is 247 g/mol. The van der Waals surface area contributed by atoms with E-state index in [-0.39, 0.29) is 12.5 Å². The van der Waals surface area contributed by atoms with E-state index in [1.165, 1.54) is 5.56 Å². The van der Waals surface area contributed by atoms with E-state index in [1.54, 1.807) is 0 Å². The SMILES string of the molecule is CC/C(C)=N/NC(=O)CNc1ccc(C)cc1C. The van der Waals surface area contributed by atoms with E-state index < -0.39 is 0 Å². The molecule has 0 saturated carbocycles. The highest BCUT2D eigenvalue weighted by atomic mass is 16.2. The third kappa shape index (κ3) is 4.57. The fraction of sp³-hybridized carbons (Fsp3) is 0.429. The Bertz CT molecular complexity index is 452. The Morgan fingerprint density at radius 1 is 1.33 bits per heavy atom. The molecule has 98 valence electrons. The van der Waals surface area contributed by atoms with Gasteiger partial charge in [-0.15, -0.1) is 0 Å². The zero-order valence-corrected chi connectivity index (χ0v) is 11.5. The third-order valence-corrected chi connectivity index (χ3v) is 2.70. The van der Waals surface area contributed by atoms with E-state index in [9.17, 15) is 4.79 Å². The summed E-state index contributed by atoms with van der Waals surface area (Å²) in [6.07, 6.45) is 0.838. The molecule has 0 spiro atoms. The van der Waals surface area contributed by atoms with E-state index in [0.29, 0.717) is 0 Å². The van der Waals surface area contributed by atoms with Gasteiger partial charge in [-0.3, -0.25) is 4.79 Å². The molecule has 2 N–H and O–H groups in total. The largest absolute Gasteiger partial charge is 0.376 e. The number of nitrogens with one attached hydrogen (secondary N) is 2. The van der Waals surface area contributed by atoms with E-state index in [2.05, 4.69) is 21.9 Å². The van der Waals surface area contributed by atoms with Crippen LogP contribution in [0.3, 0.4) is 0 Å². The topological polar surface area (TPSA) is 53.5 Å². The zero-order valence-electron chi connectivity index (χ0n) is 11.5. The number of hydrazone groups is 1. The van der Waals surface area contributed by atoms with Gasteiger partial charge in [-0.1, -0.05) is 24.6 Å². The molecular weight excluding hydrogens is 226 g/mol. The normalized spacial score (nSPS) is 11.2. The Balaban J connectivity index is 2.47. The first-order valence-electron chi connectivity index (χ1n) is 6.16. The molecule has 0 atom stereocenters. The van der Waals surface area contributed by atoms with E-state index in [0.717, 1.165) is 23.4 Å². The molecule has 0 unspecified atom stereocenters. The quantitative estimate of drug-likeness (QED) is 0.620. The fourth-order valence-electron chi connectivity index (χ4n) is 1.46. The van der Waals surface area contributed by atoms with Crippen LogP contribution in [-0.2, 0) is 4.79 Å². The lowest BCUT2D eigenvalue weighted by Gasteiger charge is -2.09. The maximum Gasteiger partial charge on any atom is 0.259 e. The molecule has 1 amide bonds. The van der Waals surface area contributed by atoms with Gasteiger partial charge in [0.05, 0.1) is 6.54 Å². The van der Waals surface area contributed by atoms with Crippen molar-refractivity contribution in [3.05, 3.63) is 29.3 Å². The van der Waals surface area contributed by atoms with E-state index in [4.69, 9.17) is 0 Å². The van der Waals surface area contributed by atoms with Gasteiger partial charge in [-0.05, 0) is 38.8 Å². The van der Waals surface area contributed by atoms with Crippen molar-refractivity contribution in [2.45, 2.75) is 34.1 Å².